The van der Waals surface area contributed by atoms with E-state index < -0.39 is 11.5 Å². The predicted molar refractivity (Wildman–Crippen MR) is 57.2 cm³/mol. The lowest BCUT2D eigenvalue weighted by Crippen LogP contribution is -2.55. The van der Waals surface area contributed by atoms with Crippen molar-refractivity contribution in [2.75, 3.05) is 7.11 Å². The van der Waals surface area contributed by atoms with Gasteiger partial charge >= 0.3 is 0 Å². The number of halogens is 2. The third-order valence-corrected chi connectivity index (χ3v) is 2.99. The Kier molecular flexibility index (Phi) is 2.72. The average Bonchev–Trinajstić information content (AvgIpc) is 2.16. The fourth-order valence-electron chi connectivity index (χ4n) is 2.17. The van der Waals surface area contributed by atoms with Crippen LogP contribution in [0.3, 0.4) is 0 Å². The highest BCUT2D eigenvalue weighted by molar-refractivity contribution is 5.31. The molecule has 0 unspecified atom stereocenters. The Hall–Kier alpha value is -1.00. The average molecular weight is 227 g/mol. The van der Waals surface area contributed by atoms with Gasteiger partial charge in [0.25, 0.3) is 5.92 Å². The summed E-state index contributed by atoms with van der Waals surface area (Å²) in [5.74, 6) is -2.60. The summed E-state index contributed by atoms with van der Waals surface area (Å²) in [6, 6.07) is 7.35. The minimum Gasteiger partial charge on any atom is -0.380 e. The van der Waals surface area contributed by atoms with Crippen molar-refractivity contribution in [2.45, 2.75) is 30.9 Å². The number of methoxy groups -OCH3 is 1. The number of rotatable bonds is 3. The summed E-state index contributed by atoms with van der Waals surface area (Å²) < 4.78 is 30.6. The number of ether oxygens (including phenoxy) is 1. The third kappa shape index (κ3) is 2.08. The molecule has 0 heterocycles. The summed E-state index contributed by atoms with van der Waals surface area (Å²) in [5.41, 5.74) is 6.85. The van der Waals surface area contributed by atoms with Gasteiger partial charge in [0, 0.05) is 20.0 Å². The lowest BCUT2D eigenvalue weighted by Gasteiger charge is -2.44. The second-order valence-electron chi connectivity index (χ2n) is 4.50. The van der Waals surface area contributed by atoms with E-state index in [4.69, 9.17) is 10.5 Å². The quantitative estimate of drug-likeness (QED) is 0.860. The van der Waals surface area contributed by atoms with Crippen LogP contribution >= 0.6 is 0 Å². The molecule has 1 aliphatic carbocycles. The first-order valence-corrected chi connectivity index (χ1v) is 5.20. The summed E-state index contributed by atoms with van der Waals surface area (Å²) in [5, 5.41) is 0. The smallest absolute Gasteiger partial charge is 0.252 e. The Morgan fingerprint density at radius 2 is 1.81 bits per heavy atom. The maximum atomic E-state index is 12.8. The minimum absolute atomic E-state index is 0.260. The number of benzene rings is 1. The monoisotopic (exact) mass is 227 g/mol. The van der Waals surface area contributed by atoms with Gasteiger partial charge in [0.05, 0.1) is 12.1 Å². The molecular formula is C12H15F2NO. The van der Waals surface area contributed by atoms with Crippen LogP contribution in [-0.4, -0.2) is 13.0 Å². The molecule has 88 valence electrons. The lowest BCUT2D eigenvalue weighted by atomic mass is 9.70. The molecule has 4 heteroatoms. The van der Waals surface area contributed by atoms with Gasteiger partial charge in [-0.15, -0.1) is 0 Å². The van der Waals surface area contributed by atoms with Crippen LogP contribution in [0.25, 0.3) is 0 Å². The molecule has 0 saturated heterocycles. The van der Waals surface area contributed by atoms with Gasteiger partial charge in [0.15, 0.2) is 0 Å². The van der Waals surface area contributed by atoms with E-state index in [1.165, 1.54) is 0 Å². The van der Waals surface area contributed by atoms with Crippen molar-refractivity contribution in [3.05, 3.63) is 35.4 Å². The van der Waals surface area contributed by atoms with Gasteiger partial charge in [-0.05, 0) is 11.1 Å². The fraction of sp³-hybridized carbons (Fsp3) is 0.500. The maximum Gasteiger partial charge on any atom is 0.252 e. The van der Waals surface area contributed by atoms with E-state index in [9.17, 15) is 8.78 Å². The van der Waals surface area contributed by atoms with Crippen molar-refractivity contribution in [1.82, 2.24) is 0 Å². The van der Waals surface area contributed by atoms with Crippen LogP contribution in [0.5, 0.6) is 0 Å². The van der Waals surface area contributed by atoms with E-state index in [-0.39, 0.29) is 12.8 Å². The zero-order valence-corrected chi connectivity index (χ0v) is 9.17. The molecule has 2 nitrogen and oxygen atoms in total. The molecule has 2 N–H and O–H groups in total. The van der Waals surface area contributed by atoms with Crippen LogP contribution in [0.2, 0.25) is 0 Å². The highest BCUT2D eigenvalue weighted by atomic mass is 19.3. The van der Waals surface area contributed by atoms with E-state index in [0.717, 1.165) is 11.1 Å². The molecule has 1 aromatic rings. The largest absolute Gasteiger partial charge is 0.380 e. The van der Waals surface area contributed by atoms with Gasteiger partial charge in [0.2, 0.25) is 0 Å². The van der Waals surface area contributed by atoms with Gasteiger partial charge in [-0.1, -0.05) is 24.3 Å². The summed E-state index contributed by atoms with van der Waals surface area (Å²) in [6.07, 6.45) is -0.521. The van der Waals surface area contributed by atoms with Crippen molar-refractivity contribution in [1.29, 1.82) is 0 Å². The summed E-state index contributed by atoms with van der Waals surface area (Å²) in [4.78, 5) is 0. The highest BCUT2D eigenvalue weighted by Gasteiger charge is 2.55. The van der Waals surface area contributed by atoms with Crippen molar-refractivity contribution in [3.63, 3.8) is 0 Å². The first-order valence-electron chi connectivity index (χ1n) is 5.20. The number of nitrogens with two attached hydrogens (primary N) is 1. The maximum absolute atomic E-state index is 12.8. The minimum atomic E-state index is -2.60. The molecule has 0 spiro atoms. The van der Waals surface area contributed by atoms with Gasteiger partial charge in [-0.3, -0.25) is 0 Å². The fourth-order valence-corrected chi connectivity index (χ4v) is 2.17. The van der Waals surface area contributed by atoms with Gasteiger partial charge in [0.1, 0.15) is 0 Å². The van der Waals surface area contributed by atoms with E-state index in [0.29, 0.717) is 6.61 Å². The predicted octanol–water partition coefficient (Wildman–Crippen LogP) is 2.42. The third-order valence-electron chi connectivity index (χ3n) is 2.99. The Morgan fingerprint density at radius 3 is 2.25 bits per heavy atom. The molecule has 16 heavy (non-hydrogen) atoms. The molecule has 1 fully saturated rings. The standard InChI is InChI=1S/C12H15F2NO/c1-16-6-9-2-4-10(5-3-9)11(15)7-12(13,14)8-11/h2-5H,6-8,15H2,1H3. The van der Waals surface area contributed by atoms with Crippen molar-refractivity contribution in [2.24, 2.45) is 5.73 Å². The molecule has 0 aliphatic heterocycles. The Balaban J connectivity index is 2.11. The number of hydrogen-bond acceptors (Lipinski definition) is 2. The van der Waals surface area contributed by atoms with E-state index >= 15 is 0 Å². The number of alkyl halides is 2. The van der Waals surface area contributed by atoms with E-state index in [1.807, 2.05) is 24.3 Å². The molecule has 1 aromatic carbocycles. The molecule has 0 atom stereocenters. The highest BCUT2D eigenvalue weighted by Crippen LogP contribution is 2.49. The molecular weight excluding hydrogens is 212 g/mol. The Labute approximate surface area is 93.4 Å². The first kappa shape index (κ1) is 11.5. The van der Waals surface area contributed by atoms with E-state index in [1.54, 1.807) is 7.11 Å². The summed E-state index contributed by atoms with van der Waals surface area (Å²) in [6.45, 7) is 0.522. The normalized spacial score (nSPS) is 21.5. The van der Waals surface area contributed by atoms with Crippen LogP contribution in [0.4, 0.5) is 8.78 Å². The van der Waals surface area contributed by atoms with Crippen LogP contribution in [0.15, 0.2) is 24.3 Å². The first-order chi connectivity index (χ1) is 7.45. The topological polar surface area (TPSA) is 35.2 Å². The second-order valence-corrected chi connectivity index (χ2v) is 4.50. The summed E-state index contributed by atoms with van der Waals surface area (Å²) in [7, 11) is 1.62. The molecule has 0 bridgehead atoms. The van der Waals surface area contributed by atoms with Crippen molar-refractivity contribution >= 4 is 0 Å². The molecule has 1 aliphatic rings. The molecule has 0 aromatic heterocycles. The van der Waals surface area contributed by atoms with Gasteiger partial charge in [-0.25, -0.2) is 8.78 Å². The van der Waals surface area contributed by atoms with Crippen molar-refractivity contribution in [3.8, 4) is 0 Å². The lowest BCUT2D eigenvalue weighted by molar-refractivity contribution is -0.125. The Morgan fingerprint density at radius 1 is 1.25 bits per heavy atom. The molecule has 2 rings (SSSR count). The van der Waals surface area contributed by atoms with Crippen LogP contribution < -0.4 is 5.73 Å². The molecule has 1 saturated carbocycles. The van der Waals surface area contributed by atoms with Gasteiger partial charge in [-0.2, -0.15) is 0 Å². The SMILES string of the molecule is COCc1ccc(C2(N)CC(F)(F)C2)cc1. The zero-order chi connectivity index (χ0) is 11.8. The Bertz CT molecular complexity index is 367. The zero-order valence-electron chi connectivity index (χ0n) is 9.17. The second kappa shape index (κ2) is 3.79. The van der Waals surface area contributed by atoms with Crippen LogP contribution in [0, 0.1) is 0 Å². The van der Waals surface area contributed by atoms with Crippen molar-refractivity contribution < 1.29 is 13.5 Å². The van der Waals surface area contributed by atoms with Gasteiger partial charge < -0.3 is 10.5 Å². The van der Waals surface area contributed by atoms with Crippen LogP contribution in [0.1, 0.15) is 24.0 Å². The van der Waals surface area contributed by atoms with E-state index in [2.05, 4.69) is 0 Å². The van der Waals surface area contributed by atoms with Crippen LogP contribution in [-0.2, 0) is 16.9 Å². The molecule has 0 amide bonds. The number of hydrogen-bond donors (Lipinski definition) is 1. The summed E-state index contributed by atoms with van der Waals surface area (Å²) >= 11 is 0. The molecule has 0 radical (unpaired) electrons.